The van der Waals surface area contributed by atoms with Gasteiger partial charge in [0.25, 0.3) is 0 Å². The van der Waals surface area contributed by atoms with Gasteiger partial charge in [-0.15, -0.1) is 0 Å². The van der Waals surface area contributed by atoms with Gasteiger partial charge in [-0.25, -0.2) is 0 Å². The van der Waals surface area contributed by atoms with Crippen LogP contribution in [-0.2, 0) is 4.79 Å². The molecular formula is C18H20N2O3. The molecule has 0 saturated heterocycles. The van der Waals surface area contributed by atoms with Gasteiger partial charge in [-0.05, 0) is 36.6 Å². The standard InChI is InChI=1S/C18H20N2O3/c1-13(20-23)11-17(12-18(21)22)19-16-9-7-15(8-10-16)14-5-3-2-4-6-14/h2-10,13,17,19H,11-12H2,1H3,(H,21,22). The Morgan fingerprint density at radius 3 is 2.26 bits per heavy atom. The van der Waals surface area contributed by atoms with Crippen molar-refractivity contribution in [1.29, 1.82) is 0 Å². The SMILES string of the molecule is CC(CC(CC(=O)O)Nc1ccc(-c2ccccc2)cc1)N=O. The molecule has 2 unspecified atom stereocenters. The van der Waals surface area contributed by atoms with Crippen LogP contribution in [0.5, 0.6) is 0 Å². The highest BCUT2D eigenvalue weighted by Gasteiger charge is 2.17. The van der Waals surface area contributed by atoms with Crippen LogP contribution in [0, 0.1) is 4.91 Å². The summed E-state index contributed by atoms with van der Waals surface area (Å²) in [6.45, 7) is 1.68. The molecule has 2 aromatic carbocycles. The lowest BCUT2D eigenvalue weighted by Crippen LogP contribution is -2.26. The summed E-state index contributed by atoms with van der Waals surface area (Å²) in [6.07, 6.45) is 0.330. The molecule has 0 aromatic heterocycles. The quantitative estimate of drug-likeness (QED) is 0.718. The number of anilines is 1. The molecule has 0 heterocycles. The number of nitrogens with zero attached hydrogens (tertiary/aromatic N) is 1. The Labute approximate surface area is 135 Å². The average Bonchev–Trinajstić information content (AvgIpc) is 2.55. The van der Waals surface area contributed by atoms with Crippen LogP contribution in [0.15, 0.2) is 59.8 Å². The molecule has 2 atom stereocenters. The third-order valence-electron chi connectivity index (χ3n) is 3.59. The van der Waals surface area contributed by atoms with Crippen LogP contribution in [0.25, 0.3) is 11.1 Å². The minimum atomic E-state index is -0.901. The molecule has 0 bridgehead atoms. The van der Waals surface area contributed by atoms with E-state index < -0.39 is 12.0 Å². The summed E-state index contributed by atoms with van der Waals surface area (Å²) in [5.41, 5.74) is 3.04. The molecular weight excluding hydrogens is 292 g/mol. The maximum atomic E-state index is 11.0. The van der Waals surface area contributed by atoms with E-state index in [4.69, 9.17) is 5.11 Å². The number of hydrogen-bond donors (Lipinski definition) is 2. The van der Waals surface area contributed by atoms with Crippen molar-refractivity contribution >= 4 is 11.7 Å². The summed E-state index contributed by atoms with van der Waals surface area (Å²) in [4.78, 5) is 21.5. The summed E-state index contributed by atoms with van der Waals surface area (Å²) in [5.74, 6) is -0.901. The maximum absolute atomic E-state index is 11.0. The van der Waals surface area contributed by atoms with Gasteiger partial charge >= 0.3 is 5.97 Å². The van der Waals surface area contributed by atoms with Gasteiger partial charge in [0.1, 0.15) is 0 Å². The number of hydrogen-bond acceptors (Lipinski definition) is 4. The van der Waals surface area contributed by atoms with E-state index in [1.54, 1.807) is 6.92 Å². The number of carboxylic acid groups (broad SMARTS) is 1. The highest BCUT2D eigenvalue weighted by atomic mass is 16.4. The molecule has 0 saturated carbocycles. The largest absolute Gasteiger partial charge is 0.481 e. The molecule has 5 nitrogen and oxygen atoms in total. The number of nitrogens with one attached hydrogen (secondary N) is 1. The molecule has 2 rings (SSSR count). The first-order valence-electron chi connectivity index (χ1n) is 7.54. The van der Waals surface area contributed by atoms with E-state index in [-0.39, 0.29) is 12.5 Å². The van der Waals surface area contributed by atoms with Gasteiger partial charge in [0.15, 0.2) is 0 Å². The Morgan fingerprint density at radius 1 is 1.09 bits per heavy atom. The fraction of sp³-hybridized carbons (Fsp3) is 0.278. The number of carboxylic acids is 1. The van der Waals surface area contributed by atoms with Gasteiger partial charge in [0.05, 0.1) is 12.5 Å². The first-order valence-corrected chi connectivity index (χ1v) is 7.54. The minimum absolute atomic E-state index is 0.0553. The van der Waals surface area contributed by atoms with Crippen LogP contribution < -0.4 is 5.32 Å². The molecule has 2 N–H and O–H groups in total. The van der Waals surface area contributed by atoms with E-state index in [1.807, 2.05) is 54.6 Å². The molecule has 0 radical (unpaired) electrons. The number of benzene rings is 2. The predicted molar refractivity (Wildman–Crippen MR) is 91.4 cm³/mol. The van der Waals surface area contributed by atoms with Crippen LogP contribution in [-0.4, -0.2) is 23.2 Å². The Morgan fingerprint density at radius 2 is 1.70 bits per heavy atom. The van der Waals surface area contributed by atoms with Crippen molar-refractivity contribution in [3.63, 3.8) is 0 Å². The van der Waals surface area contributed by atoms with Gasteiger partial charge in [0.2, 0.25) is 0 Å². The molecule has 5 heteroatoms. The van der Waals surface area contributed by atoms with E-state index in [1.165, 1.54) is 0 Å². The summed E-state index contributed by atoms with van der Waals surface area (Å²) in [7, 11) is 0. The van der Waals surface area contributed by atoms with Crippen molar-refractivity contribution in [2.75, 3.05) is 5.32 Å². The number of nitroso groups, excluding NO2 is 1. The normalized spacial score (nSPS) is 13.1. The predicted octanol–water partition coefficient (Wildman–Crippen LogP) is 4.15. The van der Waals surface area contributed by atoms with Crippen molar-refractivity contribution in [2.45, 2.75) is 31.8 Å². The molecule has 2 aromatic rings. The lowest BCUT2D eigenvalue weighted by molar-refractivity contribution is -0.137. The lowest BCUT2D eigenvalue weighted by atomic mass is 10.0. The summed E-state index contributed by atoms with van der Waals surface area (Å²) in [6, 6.07) is 17.0. The molecule has 0 aliphatic rings. The van der Waals surface area contributed by atoms with Crippen LogP contribution in [0.4, 0.5) is 5.69 Å². The fourth-order valence-corrected chi connectivity index (χ4v) is 2.48. The molecule has 120 valence electrons. The zero-order valence-corrected chi connectivity index (χ0v) is 13.0. The smallest absolute Gasteiger partial charge is 0.305 e. The summed E-state index contributed by atoms with van der Waals surface area (Å²) < 4.78 is 0. The van der Waals surface area contributed by atoms with Gasteiger partial charge in [-0.2, -0.15) is 4.91 Å². The van der Waals surface area contributed by atoms with Gasteiger partial charge < -0.3 is 10.4 Å². The Kier molecular flexibility index (Phi) is 5.86. The molecule has 0 spiro atoms. The Hall–Kier alpha value is -2.69. The zero-order valence-electron chi connectivity index (χ0n) is 13.0. The number of aliphatic carboxylic acids is 1. The molecule has 0 aliphatic carbocycles. The van der Waals surface area contributed by atoms with E-state index in [9.17, 15) is 9.70 Å². The highest BCUT2D eigenvalue weighted by molar-refractivity contribution is 5.69. The van der Waals surface area contributed by atoms with Crippen molar-refractivity contribution in [2.24, 2.45) is 5.18 Å². The second kappa shape index (κ2) is 8.08. The second-order valence-electron chi connectivity index (χ2n) is 5.57. The van der Waals surface area contributed by atoms with Crippen molar-refractivity contribution in [3.05, 3.63) is 59.5 Å². The van der Waals surface area contributed by atoms with Crippen LogP contribution in [0.3, 0.4) is 0 Å². The van der Waals surface area contributed by atoms with E-state index >= 15 is 0 Å². The van der Waals surface area contributed by atoms with Crippen molar-refractivity contribution in [3.8, 4) is 11.1 Å². The third kappa shape index (κ3) is 5.21. The zero-order chi connectivity index (χ0) is 16.7. The molecule has 0 fully saturated rings. The van der Waals surface area contributed by atoms with Gasteiger partial charge in [-0.1, -0.05) is 47.6 Å². The van der Waals surface area contributed by atoms with E-state index in [2.05, 4.69) is 10.5 Å². The first-order chi connectivity index (χ1) is 11.1. The minimum Gasteiger partial charge on any atom is -0.481 e. The maximum Gasteiger partial charge on any atom is 0.305 e. The van der Waals surface area contributed by atoms with Crippen LogP contribution in [0.2, 0.25) is 0 Å². The Bertz CT molecular complexity index is 641. The number of carbonyl (C=O) groups is 1. The van der Waals surface area contributed by atoms with Gasteiger partial charge in [0, 0.05) is 11.7 Å². The third-order valence-corrected chi connectivity index (χ3v) is 3.59. The first kappa shape index (κ1) is 16.7. The van der Waals surface area contributed by atoms with Crippen molar-refractivity contribution < 1.29 is 9.90 Å². The molecule has 0 amide bonds. The topological polar surface area (TPSA) is 78.8 Å². The van der Waals surface area contributed by atoms with Gasteiger partial charge in [-0.3, -0.25) is 4.79 Å². The lowest BCUT2D eigenvalue weighted by Gasteiger charge is -2.19. The highest BCUT2D eigenvalue weighted by Crippen LogP contribution is 2.22. The second-order valence-corrected chi connectivity index (χ2v) is 5.57. The average molecular weight is 312 g/mol. The van der Waals surface area contributed by atoms with Crippen LogP contribution >= 0.6 is 0 Å². The van der Waals surface area contributed by atoms with E-state index in [0.29, 0.717) is 6.42 Å². The number of rotatable bonds is 8. The monoisotopic (exact) mass is 312 g/mol. The fourth-order valence-electron chi connectivity index (χ4n) is 2.48. The summed E-state index contributed by atoms with van der Waals surface area (Å²) >= 11 is 0. The summed E-state index contributed by atoms with van der Waals surface area (Å²) in [5, 5.41) is 15.1. The van der Waals surface area contributed by atoms with Crippen molar-refractivity contribution in [1.82, 2.24) is 0 Å². The Balaban J connectivity index is 2.07. The van der Waals surface area contributed by atoms with E-state index in [0.717, 1.165) is 16.8 Å². The molecule has 23 heavy (non-hydrogen) atoms. The van der Waals surface area contributed by atoms with Crippen LogP contribution in [0.1, 0.15) is 19.8 Å². The molecule has 0 aliphatic heterocycles.